The van der Waals surface area contributed by atoms with Gasteiger partial charge in [0.2, 0.25) is 5.92 Å². The highest BCUT2D eigenvalue weighted by molar-refractivity contribution is 7.80. The molecule has 0 aromatic carbocycles. The molecule has 0 bridgehead atoms. The summed E-state index contributed by atoms with van der Waals surface area (Å²) in [6, 6.07) is 0. The Balaban J connectivity index is 2.27. The van der Waals surface area contributed by atoms with E-state index < -0.39 is 5.92 Å². The first-order valence-electron chi connectivity index (χ1n) is 3.07. The maximum absolute atomic E-state index is 12.1. The molecular formula is C6H10F2S. The minimum absolute atomic E-state index is 0.0394. The summed E-state index contributed by atoms with van der Waals surface area (Å²) in [7, 11) is 0. The number of hydrogen-bond acceptors (Lipinski definition) is 1. The second-order valence-electron chi connectivity index (χ2n) is 2.76. The molecule has 0 saturated heterocycles. The number of hydrogen-bond donors (Lipinski definition) is 1. The number of alkyl halides is 2. The summed E-state index contributed by atoms with van der Waals surface area (Å²) in [5.41, 5.74) is 0. The Hall–Kier alpha value is 0.210. The fourth-order valence-electron chi connectivity index (χ4n) is 1.05. The van der Waals surface area contributed by atoms with Gasteiger partial charge in [0.15, 0.2) is 0 Å². The number of halogens is 2. The van der Waals surface area contributed by atoms with Gasteiger partial charge in [-0.1, -0.05) is 6.92 Å². The van der Waals surface area contributed by atoms with Crippen molar-refractivity contribution in [3.63, 3.8) is 0 Å². The van der Waals surface area contributed by atoms with Crippen molar-refractivity contribution in [2.45, 2.75) is 30.9 Å². The smallest absolute Gasteiger partial charge is 0.207 e. The van der Waals surface area contributed by atoms with Crippen LogP contribution in [0.3, 0.4) is 0 Å². The van der Waals surface area contributed by atoms with Gasteiger partial charge in [0, 0.05) is 18.1 Å². The van der Waals surface area contributed by atoms with Crippen LogP contribution < -0.4 is 0 Å². The molecule has 0 N–H and O–H groups in total. The molecule has 1 rings (SSSR count). The van der Waals surface area contributed by atoms with E-state index in [4.69, 9.17) is 0 Å². The van der Waals surface area contributed by atoms with Crippen LogP contribution in [-0.2, 0) is 0 Å². The molecule has 0 radical (unpaired) electrons. The van der Waals surface area contributed by atoms with E-state index in [0.29, 0.717) is 0 Å². The van der Waals surface area contributed by atoms with Crippen molar-refractivity contribution in [3.05, 3.63) is 0 Å². The van der Waals surface area contributed by atoms with Crippen molar-refractivity contribution in [2.75, 3.05) is 0 Å². The van der Waals surface area contributed by atoms with E-state index in [2.05, 4.69) is 12.6 Å². The Labute approximate surface area is 59.0 Å². The van der Waals surface area contributed by atoms with Crippen molar-refractivity contribution in [3.8, 4) is 0 Å². The van der Waals surface area contributed by atoms with Crippen LogP contribution in [0.15, 0.2) is 0 Å². The van der Waals surface area contributed by atoms with Crippen LogP contribution in [0, 0.1) is 5.92 Å². The summed E-state index contributed by atoms with van der Waals surface area (Å²) in [4.78, 5) is 0. The molecule has 0 aromatic rings. The zero-order valence-electron chi connectivity index (χ0n) is 5.27. The number of rotatable bonds is 1. The van der Waals surface area contributed by atoms with E-state index in [9.17, 15) is 8.78 Å². The van der Waals surface area contributed by atoms with Crippen LogP contribution in [0.25, 0.3) is 0 Å². The van der Waals surface area contributed by atoms with Gasteiger partial charge in [-0.3, -0.25) is 0 Å². The molecule has 1 atom stereocenters. The molecular weight excluding hydrogens is 142 g/mol. The molecule has 0 heterocycles. The molecule has 9 heavy (non-hydrogen) atoms. The first-order chi connectivity index (χ1) is 4.01. The SMILES string of the molecule is CC(S)C1CC(F)(F)C1. The van der Waals surface area contributed by atoms with Gasteiger partial charge in [0.1, 0.15) is 0 Å². The van der Waals surface area contributed by atoms with Gasteiger partial charge in [0.25, 0.3) is 0 Å². The number of thiol groups is 1. The Morgan fingerprint density at radius 2 is 2.00 bits per heavy atom. The van der Waals surface area contributed by atoms with E-state index in [1.165, 1.54) is 0 Å². The minimum atomic E-state index is -2.37. The molecule has 1 saturated carbocycles. The van der Waals surface area contributed by atoms with Gasteiger partial charge in [-0.15, -0.1) is 0 Å². The van der Waals surface area contributed by atoms with Crippen molar-refractivity contribution >= 4 is 12.6 Å². The van der Waals surface area contributed by atoms with Crippen LogP contribution in [0.2, 0.25) is 0 Å². The quantitative estimate of drug-likeness (QED) is 0.548. The second-order valence-corrected chi connectivity index (χ2v) is 3.58. The van der Waals surface area contributed by atoms with Crippen molar-refractivity contribution in [1.82, 2.24) is 0 Å². The molecule has 54 valence electrons. The van der Waals surface area contributed by atoms with Gasteiger partial charge >= 0.3 is 0 Å². The van der Waals surface area contributed by atoms with Gasteiger partial charge in [-0.2, -0.15) is 12.6 Å². The summed E-state index contributed by atoms with van der Waals surface area (Å²) in [6.07, 6.45) is 0.0787. The third-order valence-corrected chi connectivity index (χ3v) is 2.23. The van der Waals surface area contributed by atoms with Crippen LogP contribution >= 0.6 is 12.6 Å². The van der Waals surface area contributed by atoms with Crippen molar-refractivity contribution in [1.29, 1.82) is 0 Å². The van der Waals surface area contributed by atoms with Gasteiger partial charge < -0.3 is 0 Å². The topological polar surface area (TPSA) is 0 Å². The highest BCUT2D eigenvalue weighted by Crippen LogP contribution is 2.45. The molecule has 1 fully saturated rings. The van der Waals surface area contributed by atoms with Crippen LogP contribution in [0.1, 0.15) is 19.8 Å². The monoisotopic (exact) mass is 152 g/mol. The maximum atomic E-state index is 12.1. The Bertz CT molecular complexity index is 104. The minimum Gasteiger partial charge on any atom is -0.207 e. The standard InChI is InChI=1S/C6H10F2S/c1-4(9)5-2-6(7,8)3-5/h4-5,9H,2-3H2,1H3. The summed E-state index contributed by atoms with van der Waals surface area (Å²) < 4.78 is 24.2. The highest BCUT2D eigenvalue weighted by atomic mass is 32.1. The zero-order valence-corrected chi connectivity index (χ0v) is 6.17. The van der Waals surface area contributed by atoms with Crippen LogP contribution in [0.4, 0.5) is 8.78 Å². The molecule has 1 aliphatic rings. The van der Waals surface area contributed by atoms with Crippen LogP contribution in [0.5, 0.6) is 0 Å². The summed E-state index contributed by atoms with van der Waals surface area (Å²) in [6.45, 7) is 1.86. The van der Waals surface area contributed by atoms with Gasteiger partial charge in [-0.05, 0) is 5.92 Å². The molecule has 1 aliphatic carbocycles. The fourth-order valence-corrected chi connectivity index (χ4v) is 1.26. The van der Waals surface area contributed by atoms with E-state index in [-0.39, 0.29) is 24.0 Å². The second kappa shape index (κ2) is 2.11. The Morgan fingerprint density at radius 3 is 2.11 bits per heavy atom. The van der Waals surface area contributed by atoms with Gasteiger partial charge in [0.05, 0.1) is 0 Å². The fraction of sp³-hybridized carbons (Fsp3) is 1.00. The Morgan fingerprint density at radius 1 is 1.56 bits per heavy atom. The molecule has 0 nitrogen and oxygen atoms in total. The normalized spacial score (nSPS) is 29.3. The average molecular weight is 152 g/mol. The molecule has 3 heteroatoms. The zero-order chi connectivity index (χ0) is 7.07. The van der Waals surface area contributed by atoms with E-state index in [1.807, 2.05) is 6.92 Å². The molecule has 0 aliphatic heterocycles. The van der Waals surface area contributed by atoms with Crippen LogP contribution in [-0.4, -0.2) is 11.2 Å². The third kappa shape index (κ3) is 1.57. The van der Waals surface area contributed by atoms with Gasteiger partial charge in [-0.25, -0.2) is 8.78 Å². The molecule has 1 unspecified atom stereocenters. The average Bonchev–Trinajstić information content (AvgIpc) is 1.59. The lowest BCUT2D eigenvalue weighted by Gasteiger charge is -2.36. The predicted octanol–water partition coefficient (Wildman–Crippen LogP) is 2.35. The summed E-state index contributed by atoms with van der Waals surface area (Å²) >= 11 is 4.07. The van der Waals surface area contributed by atoms with Crippen molar-refractivity contribution < 1.29 is 8.78 Å². The van der Waals surface area contributed by atoms with E-state index >= 15 is 0 Å². The molecule has 0 spiro atoms. The van der Waals surface area contributed by atoms with E-state index in [0.717, 1.165) is 0 Å². The maximum Gasteiger partial charge on any atom is 0.248 e. The lowest BCUT2D eigenvalue weighted by Crippen LogP contribution is -2.39. The first kappa shape index (κ1) is 7.32. The summed E-state index contributed by atoms with van der Waals surface area (Å²) in [5.74, 6) is -2.23. The lowest BCUT2D eigenvalue weighted by atomic mass is 9.79. The molecule has 0 aromatic heterocycles. The third-order valence-electron chi connectivity index (χ3n) is 1.80. The van der Waals surface area contributed by atoms with Crippen molar-refractivity contribution in [2.24, 2.45) is 5.92 Å². The lowest BCUT2D eigenvalue weighted by molar-refractivity contribution is -0.109. The Kier molecular flexibility index (Phi) is 1.72. The van der Waals surface area contributed by atoms with E-state index in [1.54, 1.807) is 0 Å². The largest absolute Gasteiger partial charge is 0.248 e. The predicted molar refractivity (Wildman–Crippen MR) is 36.1 cm³/mol. The first-order valence-corrected chi connectivity index (χ1v) is 3.59. The molecule has 0 amide bonds. The highest BCUT2D eigenvalue weighted by Gasteiger charge is 2.46. The summed E-state index contributed by atoms with van der Waals surface area (Å²) in [5, 5.41) is 0.129.